The summed E-state index contributed by atoms with van der Waals surface area (Å²) in [5.74, 6) is -4.13. The van der Waals surface area contributed by atoms with Crippen LogP contribution in [0.1, 0.15) is 62.0 Å². The number of alkyl halides is 5. The number of rotatable bonds is 2. The molecule has 2 aliphatic rings. The third kappa shape index (κ3) is 3.98. The monoisotopic (exact) mass is 416 g/mol. The second-order valence-electron chi connectivity index (χ2n) is 8.91. The maximum Gasteiger partial charge on any atom is 0.391 e. The van der Waals surface area contributed by atoms with Crippen LogP contribution in [0, 0.1) is 12.8 Å². The van der Waals surface area contributed by atoms with Gasteiger partial charge in [0.05, 0.1) is 23.9 Å². The molecule has 9 heteroatoms. The molecule has 4 nitrogen and oxygen atoms in total. The minimum Gasteiger partial charge on any atom is -0.310 e. The molecule has 1 N–H and O–H groups in total. The molecule has 1 atom stereocenters. The molecule has 1 saturated heterocycles. The lowest BCUT2D eigenvalue weighted by atomic mass is 9.78. The van der Waals surface area contributed by atoms with Gasteiger partial charge >= 0.3 is 6.18 Å². The highest BCUT2D eigenvalue weighted by molar-refractivity contribution is 5.44. The van der Waals surface area contributed by atoms with E-state index >= 15 is 0 Å². The van der Waals surface area contributed by atoms with Gasteiger partial charge in [0.2, 0.25) is 0 Å². The van der Waals surface area contributed by atoms with E-state index in [-0.39, 0.29) is 31.7 Å². The topological polar surface area (TPSA) is 42.2 Å². The second-order valence-corrected chi connectivity index (χ2v) is 8.91. The summed E-state index contributed by atoms with van der Waals surface area (Å²) in [6.07, 6.45) is -3.43. The van der Waals surface area contributed by atoms with Crippen LogP contribution in [0.3, 0.4) is 0 Å². The predicted molar refractivity (Wildman–Crippen MR) is 98.3 cm³/mol. The normalized spacial score (nSPS) is 30.6. The molecule has 2 aromatic heterocycles. The van der Waals surface area contributed by atoms with Crippen molar-refractivity contribution in [1.82, 2.24) is 19.9 Å². The van der Waals surface area contributed by atoms with E-state index < -0.39 is 23.4 Å². The van der Waals surface area contributed by atoms with Crippen molar-refractivity contribution in [1.29, 1.82) is 0 Å². The average molecular weight is 416 g/mol. The summed E-state index contributed by atoms with van der Waals surface area (Å²) < 4.78 is 68.7. The quantitative estimate of drug-likeness (QED) is 0.718. The van der Waals surface area contributed by atoms with Crippen molar-refractivity contribution in [2.45, 2.75) is 69.4 Å². The van der Waals surface area contributed by atoms with Gasteiger partial charge in [0, 0.05) is 36.1 Å². The van der Waals surface area contributed by atoms with Crippen molar-refractivity contribution in [3.05, 3.63) is 29.2 Å². The summed E-state index contributed by atoms with van der Waals surface area (Å²) in [5, 5.41) is 7.45. The van der Waals surface area contributed by atoms with Crippen LogP contribution < -0.4 is 5.32 Å². The van der Waals surface area contributed by atoms with Crippen LogP contribution in [0.5, 0.6) is 0 Å². The van der Waals surface area contributed by atoms with E-state index in [0.29, 0.717) is 42.1 Å². The maximum atomic E-state index is 14.1. The summed E-state index contributed by atoms with van der Waals surface area (Å²) in [7, 11) is 0. The van der Waals surface area contributed by atoms with E-state index in [2.05, 4.69) is 15.4 Å². The molecule has 0 radical (unpaired) electrons. The molecule has 1 aliphatic heterocycles. The minimum absolute atomic E-state index is 0.0674. The Kier molecular flexibility index (Phi) is 4.87. The molecule has 29 heavy (non-hydrogen) atoms. The van der Waals surface area contributed by atoms with Crippen molar-refractivity contribution in [3.63, 3.8) is 0 Å². The Morgan fingerprint density at radius 3 is 2.41 bits per heavy atom. The molecule has 4 rings (SSSR count). The number of aromatic nitrogens is 3. The number of aryl methyl sites for hydroxylation is 1. The zero-order chi connectivity index (χ0) is 21.0. The molecule has 1 saturated carbocycles. The van der Waals surface area contributed by atoms with Gasteiger partial charge in [0.1, 0.15) is 0 Å². The lowest BCUT2D eigenvalue weighted by Gasteiger charge is -2.38. The van der Waals surface area contributed by atoms with E-state index in [4.69, 9.17) is 0 Å². The Bertz CT molecular complexity index is 898. The van der Waals surface area contributed by atoms with E-state index in [1.807, 2.05) is 6.92 Å². The van der Waals surface area contributed by atoms with Crippen molar-refractivity contribution in [2.24, 2.45) is 5.92 Å². The highest BCUT2D eigenvalue weighted by Gasteiger charge is 2.46. The van der Waals surface area contributed by atoms with Gasteiger partial charge in [-0.15, -0.1) is 0 Å². The fourth-order valence-electron chi connectivity index (χ4n) is 4.86. The summed E-state index contributed by atoms with van der Waals surface area (Å²) in [4.78, 5) is 4.48. The van der Waals surface area contributed by atoms with Crippen LogP contribution in [0.25, 0.3) is 5.65 Å². The molecule has 0 spiro atoms. The van der Waals surface area contributed by atoms with E-state index in [1.165, 1.54) is 0 Å². The predicted octanol–water partition coefficient (Wildman–Crippen LogP) is 4.76. The SMILES string of the molecule is Cc1cc(C2(C)CNCC(F)(F)C2)n2nc(C3CCC(C(F)(F)F)CC3)cc2n1. The summed E-state index contributed by atoms with van der Waals surface area (Å²) in [6.45, 7) is 3.65. The van der Waals surface area contributed by atoms with E-state index in [9.17, 15) is 22.0 Å². The lowest BCUT2D eigenvalue weighted by Crippen LogP contribution is -2.52. The Labute approximate surface area is 165 Å². The Morgan fingerprint density at radius 2 is 1.79 bits per heavy atom. The smallest absolute Gasteiger partial charge is 0.310 e. The number of piperidine rings is 1. The molecule has 0 amide bonds. The van der Waals surface area contributed by atoms with Gasteiger partial charge in [-0.2, -0.15) is 18.3 Å². The zero-order valence-electron chi connectivity index (χ0n) is 16.5. The van der Waals surface area contributed by atoms with Crippen LogP contribution in [0.2, 0.25) is 0 Å². The first-order chi connectivity index (χ1) is 13.5. The Balaban J connectivity index is 1.66. The molecule has 160 valence electrons. The zero-order valence-corrected chi connectivity index (χ0v) is 16.5. The molecule has 0 aromatic carbocycles. The third-order valence-corrected chi connectivity index (χ3v) is 6.35. The maximum absolute atomic E-state index is 14.1. The number of hydrogen-bond acceptors (Lipinski definition) is 3. The van der Waals surface area contributed by atoms with Gasteiger partial charge in [0.15, 0.2) is 5.65 Å². The van der Waals surface area contributed by atoms with Crippen LogP contribution in [-0.2, 0) is 5.41 Å². The van der Waals surface area contributed by atoms with Gasteiger partial charge in [-0.3, -0.25) is 0 Å². The van der Waals surface area contributed by atoms with Crippen LogP contribution >= 0.6 is 0 Å². The fourth-order valence-corrected chi connectivity index (χ4v) is 4.86. The minimum atomic E-state index is -4.15. The standard InChI is InChI=1S/C20H25F5N4/c1-12-7-16(18(2)9-19(21,22)11-26-10-18)29-17(27-12)8-15(28-29)13-3-5-14(6-4-13)20(23,24)25/h7-8,13-14,26H,3-6,9-11H2,1-2H3. The van der Waals surface area contributed by atoms with Crippen molar-refractivity contribution in [3.8, 4) is 0 Å². The number of halogens is 5. The number of nitrogens with one attached hydrogen (secondary N) is 1. The molecule has 1 unspecified atom stereocenters. The summed E-state index contributed by atoms with van der Waals surface area (Å²) in [5.41, 5.74) is 1.79. The number of nitrogens with zero attached hydrogens (tertiary/aromatic N) is 3. The van der Waals surface area contributed by atoms with Crippen LogP contribution in [0.15, 0.2) is 12.1 Å². The van der Waals surface area contributed by atoms with Crippen molar-refractivity contribution in [2.75, 3.05) is 13.1 Å². The first-order valence-corrected chi connectivity index (χ1v) is 10.00. The highest BCUT2D eigenvalue weighted by atomic mass is 19.4. The number of fused-ring (bicyclic) bond motifs is 1. The summed E-state index contributed by atoms with van der Waals surface area (Å²) in [6, 6.07) is 3.58. The molecule has 2 fully saturated rings. The first-order valence-electron chi connectivity index (χ1n) is 10.00. The van der Waals surface area contributed by atoms with Gasteiger partial charge < -0.3 is 5.32 Å². The second kappa shape index (κ2) is 6.89. The van der Waals surface area contributed by atoms with E-state index in [0.717, 1.165) is 0 Å². The van der Waals surface area contributed by atoms with Gasteiger partial charge in [0.25, 0.3) is 5.92 Å². The molecule has 2 aromatic rings. The van der Waals surface area contributed by atoms with Gasteiger partial charge in [-0.25, -0.2) is 18.3 Å². The third-order valence-electron chi connectivity index (χ3n) is 6.35. The van der Waals surface area contributed by atoms with E-state index in [1.54, 1.807) is 23.6 Å². The molecular formula is C20H25F5N4. The average Bonchev–Trinajstić information content (AvgIpc) is 3.03. The van der Waals surface area contributed by atoms with Crippen molar-refractivity contribution < 1.29 is 22.0 Å². The van der Waals surface area contributed by atoms with Crippen LogP contribution in [-0.4, -0.2) is 39.8 Å². The lowest BCUT2D eigenvalue weighted by molar-refractivity contribution is -0.182. The van der Waals surface area contributed by atoms with Gasteiger partial charge in [-0.1, -0.05) is 6.92 Å². The molecule has 0 bridgehead atoms. The highest BCUT2D eigenvalue weighted by Crippen LogP contribution is 2.43. The van der Waals surface area contributed by atoms with Crippen molar-refractivity contribution >= 4 is 5.65 Å². The summed E-state index contributed by atoms with van der Waals surface area (Å²) >= 11 is 0. The largest absolute Gasteiger partial charge is 0.391 e. The van der Waals surface area contributed by atoms with Crippen LogP contribution in [0.4, 0.5) is 22.0 Å². The molecule has 1 aliphatic carbocycles. The Hall–Kier alpha value is -1.77. The Morgan fingerprint density at radius 1 is 1.10 bits per heavy atom. The first kappa shape index (κ1) is 20.5. The fraction of sp³-hybridized carbons (Fsp3) is 0.700. The number of hydrogen-bond donors (Lipinski definition) is 1. The molecule has 3 heterocycles. The van der Waals surface area contributed by atoms with Gasteiger partial charge in [-0.05, 0) is 38.7 Å². The molecular weight excluding hydrogens is 391 g/mol.